The fourth-order valence-corrected chi connectivity index (χ4v) is 2.10. The molecule has 1 aromatic heterocycles. The van der Waals surface area contributed by atoms with E-state index in [1.165, 1.54) is 24.1 Å². The second-order valence-electron chi connectivity index (χ2n) is 4.94. The highest BCUT2D eigenvalue weighted by molar-refractivity contribution is 5.54. The predicted octanol–water partition coefficient (Wildman–Crippen LogP) is 2.65. The summed E-state index contributed by atoms with van der Waals surface area (Å²) in [5, 5.41) is 3.56. The van der Waals surface area contributed by atoms with Crippen LogP contribution in [0.2, 0.25) is 0 Å². The number of hydrogen-bond acceptors (Lipinski definition) is 3. The molecule has 0 aromatic carbocycles. The van der Waals surface area contributed by atoms with Crippen molar-refractivity contribution in [1.82, 2.24) is 10.3 Å². The summed E-state index contributed by atoms with van der Waals surface area (Å²) in [6.45, 7) is 10.9. The monoisotopic (exact) mass is 245 g/mol. The van der Waals surface area contributed by atoms with Gasteiger partial charge in [0.15, 0.2) is 0 Å². The van der Waals surface area contributed by atoms with Gasteiger partial charge in [0, 0.05) is 48.8 Å². The van der Waals surface area contributed by atoms with Gasteiger partial charge in [0.05, 0.1) is 0 Å². The van der Waals surface area contributed by atoms with Crippen molar-refractivity contribution >= 4 is 5.69 Å². The third-order valence-corrected chi connectivity index (χ3v) is 3.33. The second-order valence-corrected chi connectivity index (χ2v) is 4.94. The van der Waals surface area contributed by atoms with Gasteiger partial charge < -0.3 is 10.2 Å². The van der Waals surface area contributed by atoms with E-state index in [1.807, 2.05) is 19.2 Å². The summed E-state index contributed by atoms with van der Waals surface area (Å²) < 4.78 is 0. The van der Waals surface area contributed by atoms with E-state index < -0.39 is 0 Å². The molecule has 1 N–H and O–H groups in total. The Hall–Kier alpha value is -1.35. The lowest BCUT2D eigenvalue weighted by Gasteiger charge is -2.24. The summed E-state index contributed by atoms with van der Waals surface area (Å²) in [6.07, 6.45) is 6.60. The summed E-state index contributed by atoms with van der Waals surface area (Å²) in [5.74, 6) is 0. The van der Waals surface area contributed by atoms with Gasteiger partial charge >= 0.3 is 0 Å². The van der Waals surface area contributed by atoms with Gasteiger partial charge in [0.1, 0.15) is 0 Å². The molecule has 0 amide bonds. The zero-order chi connectivity index (χ0) is 13.0. The van der Waals surface area contributed by atoms with E-state index in [-0.39, 0.29) is 0 Å². The smallest absolute Gasteiger partial charge is 0.0448 e. The molecule has 1 fully saturated rings. The van der Waals surface area contributed by atoms with Gasteiger partial charge in [-0.1, -0.05) is 6.08 Å². The molecule has 0 atom stereocenters. The van der Waals surface area contributed by atoms with E-state index in [2.05, 4.69) is 34.8 Å². The number of aryl methyl sites for hydroxylation is 1. The molecular weight excluding hydrogens is 222 g/mol. The average Bonchev–Trinajstić information content (AvgIpc) is 3.18. The number of nitrogens with one attached hydrogen (secondary N) is 1. The SMILES string of the molecule is C=CCN(CC)c1cc(C)ncc1CNC1CC1. The van der Waals surface area contributed by atoms with Gasteiger partial charge in [-0.3, -0.25) is 4.98 Å². The van der Waals surface area contributed by atoms with Crippen molar-refractivity contribution < 1.29 is 0 Å². The lowest BCUT2D eigenvalue weighted by molar-refractivity contribution is 0.682. The van der Waals surface area contributed by atoms with E-state index in [0.29, 0.717) is 0 Å². The van der Waals surface area contributed by atoms with Crippen molar-refractivity contribution in [2.45, 2.75) is 39.3 Å². The molecule has 98 valence electrons. The maximum atomic E-state index is 4.42. The molecule has 3 nitrogen and oxygen atoms in total. The van der Waals surface area contributed by atoms with Crippen LogP contribution < -0.4 is 10.2 Å². The molecular formula is C15H23N3. The molecule has 0 saturated heterocycles. The van der Waals surface area contributed by atoms with Gasteiger partial charge in [-0.25, -0.2) is 0 Å². The normalized spacial score (nSPS) is 14.6. The van der Waals surface area contributed by atoms with Crippen LogP contribution in [0.4, 0.5) is 5.69 Å². The molecule has 1 aliphatic carbocycles. The van der Waals surface area contributed by atoms with Crippen molar-refractivity contribution in [2.75, 3.05) is 18.0 Å². The molecule has 1 saturated carbocycles. The van der Waals surface area contributed by atoms with E-state index in [1.54, 1.807) is 0 Å². The first-order chi connectivity index (χ1) is 8.74. The van der Waals surface area contributed by atoms with Crippen molar-refractivity contribution in [3.8, 4) is 0 Å². The van der Waals surface area contributed by atoms with Crippen LogP contribution in [-0.4, -0.2) is 24.1 Å². The van der Waals surface area contributed by atoms with Gasteiger partial charge in [0.25, 0.3) is 0 Å². The van der Waals surface area contributed by atoms with E-state index in [0.717, 1.165) is 31.4 Å². The van der Waals surface area contributed by atoms with E-state index in [9.17, 15) is 0 Å². The van der Waals surface area contributed by atoms with Gasteiger partial charge in [0.2, 0.25) is 0 Å². The van der Waals surface area contributed by atoms with Crippen LogP contribution in [0.5, 0.6) is 0 Å². The maximum absolute atomic E-state index is 4.42. The number of hydrogen-bond donors (Lipinski definition) is 1. The fraction of sp³-hybridized carbons (Fsp3) is 0.533. The van der Waals surface area contributed by atoms with Crippen LogP contribution in [0.25, 0.3) is 0 Å². The first kappa shape index (κ1) is 13.1. The molecule has 0 unspecified atom stereocenters. The highest BCUT2D eigenvalue weighted by Gasteiger charge is 2.21. The molecule has 0 bridgehead atoms. The summed E-state index contributed by atoms with van der Waals surface area (Å²) in [6, 6.07) is 2.91. The number of likely N-dealkylation sites (N-methyl/N-ethyl adjacent to an activating group) is 1. The maximum Gasteiger partial charge on any atom is 0.0448 e. The average molecular weight is 245 g/mol. The Morgan fingerprint density at radius 3 is 2.94 bits per heavy atom. The molecule has 1 aromatic rings. The molecule has 1 aliphatic rings. The summed E-state index contributed by atoms with van der Waals surface area (Å²) >= 11 is 0. The van der Waals surface area contributed by atoms with Gasteiger partial charge in [-0.05, 0) is 32.8 Å². The summed E-state index contributed by atoms with van der Waals surface area (Å²) in [7, 11) is 0. The summed E-state index contributed by atoms with van der Waals surface area (Å²) in [4.78, 5) is 6.76. The Labute approximate surface area is 110 Å². The predicted molar refractivity (Wildman–Crippen MR) is 76.9 cm³/mol. The third-order valence-electron chi connectivity index (χ3n) is 3.33. The third kappa shape index (κ3) is 3.33. The minimum absolute atomic E-state index is 0.730. The topological polar surface area (TPSA) is 28.2 Å². The minimum atomic E-state index is 0.730. The van der Waals surface area contributed by atoms with Crippen LogP contribution >= 0.6 is 0 Å². The Balaban J connectivity index is 2.17. The Bertz CT molecular complexity index is 410. The minimum Gasteiger partial charge on any atom is -0.368 e. The number of nitrogens with zero attached hydrogens (tertiary/aromatic N) is 2. The number of pyridine rings is 1. The molecule has 2 rings (SSSR count). The van der Waals surface area contributed by atoms with Gasteiger partial charge in [-0.2, -0.15) is 0 Å². The van der Waals surface area contributed by atoms with Crippen LogP contribution in [0.1, 0.15) is 31.0 Å². The van der Waals surface area contributed by atoms with Crippen molar-refractivity contribution in [3.63, 3.8) is 0 Å². The van der Waals surface area contributed by atoms with Crippen LogP contribution in [0.15, 0.2) is 24.9 Å². The lowest BCUT2D eigenvalue weighted by atomic mass is 10.1. The van der Waals surface area contributed by atoms with E-state index >= 15 is 0 Å². The lowest BCUT2D eigenvalue weighted by Crippen LogP contribution is -2.26. The quantitative estimate of drug-likeness (QED) is 0.749. The van der Waals surface area contributed by atoms with Crippen molar-refractivity contribution in [3.05, 3.63) is 36.2 Å². The Kier molecular flexibility index (Phi) is 4.37. The highest BCUT2D eigenvalue weighted by Crippen LogP contribution is 2.24. The fourth-order valence-electron chi connectivity index (χ4n) is 2.10. The molecule has 0 aliphatic heterocycles. The van der Waals surface area contributed by atoms with Crippen LogP contribution in [0.3, 0.4) is 0 Å². The number of aromatic nitrogens is 1. The standard InChI is InChI=1S/C15H23N3/c1-4-8-18(5-2)15-9-12(3)16-10-13(15)11-17-14-6-7-14/h4,9-10,14,17H,1,5-8,11H2,2-3H3. The number of rotatable bonds is 7. The van der Waals surface area contributed by atoms with Crippen molar-refractivity contribution in [1.29, 1.82) is 0 Å². The van der Waals surface area contributed by atoms with E-state index in [4.69, 9.17) is 0 Å². The van der Waals surface area contributed by atoms with Crippen LogP contribution in [0, 0.1) is 6.92 Å². The largest absolute Gasteiger partial charge is 0.368 e. The summed E-state index contributed by atoms with van der Waals surface area (Å²) in [5.41, 5.74) is 3.65. The molecule has 1 heterocycles. The Morgan fingerprint density at radius 2 is 2.33 bits per heavy atom. The molecule has 3 heteroatoms. The number of anilines is 1. The molecule has 0 radical (unpaired) electrons. The highest BCUT2D eigenvalue weighted by atomic mass is 15.1. The first-order valence-electron chi connectivity index (χ1n) is 6.79. The van der Waals surface area contributed by atoms with Crippen molar-refractivity contribution in [2.24, 2.45) is 0 Å². The first-order valence-corrected chi connectivity index (χ1v) is 6.79. The van der Waals surface area contributed by atoms with Crippen LogP contribution in [-0.2, 0) is 6.54 Å². The Morgan fingerprint density at radius 1 is 1.56 bits per heavy atom. The second kappa shape index (κ2) is 6.01. The van der Waals surface area contributed by atoms with Gasteiger partial charge in [-0.15, -0.1) is 6.58 Å². The molecule has 18 heavy (non-hydrogen) atoms. The zero-order valence-electron chi connectivity index (χ0n) is 11.4. The zero-order valence-corrected chi connectivity index (χ0v) is 11.4. The molecule has 0 spiro atoms.